The first kappa shape index (κ1) is 19.4. The topological polar surface area (TPSA) is 95.5 Å². The van der Waals surface area contributed by atoms with Gasteiger partial charge in [-0.2, -0.15) is 0 Å². The predicted octanol–water partition coefficient (Wildman–Crippen LogP) is 3.06. The molecule has 1 atom stereocenters. The minimum atomic E-state index is -3.77. The fourth-order valence-electron chi connectivity index (χ4n) is 2.23. The molecule has 0 aliphatic heterocycles. The van der Waals surface area contributed by atoms with Crippen LogP contribution in [-0.4, -0.2) is 31.1 Å². The second kappa shape index (κ2) is 7.31. The molecular formula is C16H26N2O4S. The highest BCUT2D eigenvalue weighted by atomic mass is 32.2. The molecule has 3 N–H and O–H groups in total. The first-order chi connectivity index (χ1) is 10.5. The van der Waals surface area contributed by atoms with E-state index in [0.29, 0.717) is 5.69 Å². The molecule has 0 aliphatic rings. The molecule has 23 heavy (non-hydrogen) atoms. The maximum absolute atomic E-state index is 12.3. The lowest BCUT2D eigenvalue weighted by molar-refractivity contribution is 0.0697. The van der Waals surface area contributed by atoms with E-state index < -0.39 is 21.5 Å². The van der Waals surface area contributed by atoms with Crippen LogP contribution in [0, 0.1) is 0 Å². The highest BCUT2D eigenvalue weighted by Crippen LogP contribution is 2.23. The summed E-state index contributed by atoms with van der Waals surface area (Å²) in [6.45, 7) is 9.19. The van der Waals surface area contributed by atoms with Crippen molar-refractivity contribution in [1.29, 1.82) is 0 Å². The van der Waals surface area contributed by atoms with E-state index in [0.717, 1.165) is 12.8 Å². The van der Waals surface area contributed by atoms with E-state index in [9.17, 15) is 18.3 Å². The van der Waals surface area contributed by atoms with Crippen LogP contribution in [0.5, 0.6) is 0 Å². The molecule has 0 spiro atoms. The lowest BCUT2D eigenvalue weighted by Crippen LogP contribution is -2.40. The first-order valence-corrected chi connectivity index (χ1v) is 9.12. The van der Waals surface area contributed by atoms with Crippen molar-refractivity contribution in [2.24, 2.45) is 0 Å². The minimum Gasteiger partial charge on any atom is -0.478 e. The number of nitrogens with one attached hydrogen (secondary N) is 2. The summed E-state index contributed by atoms with van der Waals surface area (Å²) in [5.74, 6) is -1.16. The summed E-state index contributed by atoms with van der Waals surface area (Å²) in [5, 5.41) is 12.5. The molecular weight excluding hydrogens is 316 g/mol. The van der Waals surface area contributed by atoms with Crippen molar-refractivity contribution >= 4 is 21.7 Å². The van der Waals surface area contributed by atoms with Gasteiger partial charge in [-0.05, 0) is 52.3 Å². The maximum Gasteiger partial charge on any atom is 0.337 e. The van der Waals surface area contributed by atoms with Gasteiger partial charge in [0.25, 0.3) is 0 Å². The summed E-state index contributed by atoms with van der Waals surface area (Å²) in [6, 6.07) is 4.22. The molecule has 1 unspecified atom stereocenters. The van der Waals surface area contributed by atoms with E-state index in [1.165, 1.54) is 18.2 Å². The molecule has 6 nitrogen and oxygen atoms in total. The summed E-state index contributed by atoms with van der Waals surface area (Å²) in [5.41, 5.74) is -0.271. The van der Waals surface area contributed by atoms with Gasteiger partial charge in [0.15, 0.2) is 0 Å². The number of hydrogen-bond acceptors (Lipinski definition) is 4. The number of sulfonamides is 1. The fraction of sp³-hybridized carbons (Fsp3) is 0.562. The summed E-state index contributed by atoms with van der Waals surface area (Å²) < 4.78 is 27.2. The third-order valence-corrected chi connectivity index (χ3v) is 4.85. The zero-order chi connectivity index (χ0) is 17.8. The van der Waals surface area contributed by atoms with Crippen LogP contribution in [0.25, 0.3) is 0 Å². The van der Waals surface area contributed by atoms with Crippen LogP contribution in [0.2, 0.25) is 0 Å². The molecule has 1 aromatic carbocycles. The van der Waals surface area contributed by atoms with Gasteiger partial charge in [-0.3, -0.25) is 0 Å². The standard InChI is InChI=1S/C16H26N2O4S/c1-6-7-11(2)17-14-9-8-12(10-13(14)15(19)20)23(21,22)18-16(3,4)5/h8-11,17-18H,6-7H2,1-5H3,(H,19,20). The Hall–Kier alpha value is -1.60. The molecule has 1 aromatic rings. The maximum atomic E-state index is 12.3. The average Bonchev–Trinajstić information content (AvgIpc) is 2.35. The van der Waals surface area contributed by atoms with Crippen LogP contribution in [0.4, 0.5) is 5.69 Å². The normalized spacial score (nSPS) is 13.6. The second-order valence-electron chi connectivity index (χ2n) is 6.70. The van der Waals surface area contributed by atoms with Crippen LogP contribution < -0.4 is 10.0 Å². The Morgan fingerprint density at radius 1 is 1.30 bits per heavy atom. The Kier molecular flexibility index (Phi) is 6.18. The molecule has 0 aliphatic carbocycles. The average molecular weight is 342 g/mol. The van der Waals surface area contributed by atoms with Crippen molar-refractivity contribution in [2.45, 2.75) is 63.9 Å². The number of rotatable bonds is 7. The van der Waals surface area contributed by atoms with Crippen molar-refractivity contribution in [3.05, 3.63) is 23.8 Å². The molecule has 0 saturated heterocycles. The van der Waals surface area contributed by atoms with Crippen molar-refractivity contribution in [3.63, 3.8) is 0 Å². The molecule has 1 rings (SSSR count). The molecule has 0 fully saturated rings. The van der Waals surface area contributed by atoms with Crippen molar-refractivity contribution in [3.8, 4) is 0 Å². The highest BCUT2D eigenvalue weighted by molar-refractivity contribution is 7.89. The molecule has 130 valence electrons. The van der Waals surface area contributed by atoms with Crippen LogP contribution in [0.15, 0.2) is 23.1 Å². The number of hydrogen-bond donors (Lipinski definition) is 3. The van der Waals surface area contributed by atoms with Crippen LogP contribution in [-0.2, 0) is 10.0 Å². The number of carboxylic acid groups (broad SMARTS) is 1. The lowest BCUT2D eigenvalue weighted by atomic mass is 10.1. The van der Waals surface area contributed by atoms with Crippen LogP contribution in [0.1, 0.15) is 57.8 Å². The van der Waals surface area contributed by atoms with E-state index in [2.05, 4.69) is 10.0 Å². The monoisotopic (exact) mass is 342 g/mol. The zero-order valence-electron chi connectivity index (χ0n) is 14.3. The van der Waals surface area contributed by atoms with Gasteiger partial charge in [0, 0.05) is 17.3 Å². The summed E-state index contributed by atoms with van der Waals surface area (Å²) in [6.07, 6.45) is 1.86. The predicted molar refractivity (Wildman–Crippen MR) is 91.5 cm³/mol. The van der Waals surface area contributed by atoms with E-state index in [-0.39, 0.29) is 16.5 Å². The van der Waals surface area contributed by atoms with Gasteiger partial charge in [0.05, 0.1) is 10.5 Å². The Bertz CT molecular complexity index is 663. The Morgan fingerprint density at radius 3 is 2.39 bits per heavy atom. The third-order valence-electron chi connectivity index (χ3n) is 3.10. The molecule has 0 radical (unpaired) electrons. The second-order valence-corrected chi connectivity index (χ2v) is 8.38. The fourth-order valence-corrected chi connectivity index (χ4v) is 3.67. The smallest absolute Gasteiger partial charge is 0.337 e. The van der Waals surface area contributed by atoms with Gasteiger partial charge in [0.1, 0.15) is 0 Å². The zero-order valence-corrected chi connectivity index (χ0v) is 15.1. The van der Waals surface area contributed by atoms with Crippen LogP contribution >= 0.6 is 0 Å². The highest BCUT2D eigenvalue weighted by Gasteiger charge is 2.24. The number of benzene rings is 1. The lowest BCUT2D eigenvalue weighted by Gasteiger charge is -2.21. The van der Waals surface area contributed by atoms with Gasteiger partial charge in [-0.15, -0.1) is 0 Å². The van der Waals surface area contributed by atoms with E-state index in [4.69, 9.17) is 0 Å². The van der Waals surface area contributed by atoms with E-state index in [1.54, 1.807) is 20.8 Å². The molecule has 0 bridgehead atoms. The Labute approximate surface area is 138 Å². The number of anilines is 1. The number of aromatic carboxylic acids is 1. The summed E-state index contributed by atoms with van der Waals surface area (Å²) in [7, 11) is -3.77. The molecule has 0 heterocycles. The first-order valence-electron chi connectivity index (χ1n) is 7.64. The molecule has 0 saturated carbocycles. The van der Waals surface area contributed by atoms with Gasteiger partial charge in [0.2, 0.25) is 10.0 Å². The van der Waals surface area contributed by atoms with Crippen LogP contribution in [0.3, 0.4) is 0 Å². The third kappa shape index (κ3) is 5.84. The number of carboxylic acids is 1. The summed E-state index contributed by atoms with van der Waals surface area (Å²) >= 11 is 0. The summed E-state index contributed by atoms with van der Waals surface area (Å²) in [4.78, 5) is 11.4. The van der Waals surface area contributed by atoms with E-state index in [1.807, 2.05) is 13.8 Å². The Balaban J connectivity index is 3.21. The van der Waals surface area contributed by atoms with Crippen molar-refractivity contribution in [2.75, 3.05) is 5.32 Å². The van der Waals surface area contributed by atoms with Gasteiger partial charge in [-0.25, -0.2) is 17.9 Å². The van der Waals surface area contributed by atoms with Crippen molar-refractivity contribution in [1.82, 2.24) is 4.72 Å². The minimum absolute atomic E-state index is 0.0512. The van der Waals surface area contributed by atoms with Gasteiger partial charge >= 0.3 is 5.97 Å². The number of carbonyl (C=O) groups is 1. The van der Waals surface area contributed by atoms with Crippen molar-refractivity contribution < 1.29 is 18.3 Å². The Morgan fingerprint density at radius 2 is 1.91 bits per heavy atom. The molecule has 7 heteroatoms. The van der Waals surface area contributed by atoms with E-state index >= 15 is 0 Å². The molecule has 0 aromatic heterocycles. The largest absolute Gasteiger partial charge is 0.478 e. The SMILES string of the molecule is CCCC(C)Nc1ccc(S(=O)(=O)NC(C)(C)C)cc1C(=O)O. The quantitative estimate of drug-likeness (QED) is 0.708. The van der Waals surface area contributed by atoms with Gasteiger partial charge in [-0.1, -0.05) is 13.3 Å². The van der Waals surface area contributed by atoms with Gasteiger partial charge < -0.3 is 10.4 Å². The molecule has 0 amide bonds.